The van der Waals surface area contributed by atoms with Crippen LogP contribution in [0.5, 0.6) is 0 Å². The number of nitrogens with one attached hydrogen (secondary N) is 2. The predicted octanol–water partition coefficient (Wildman–Crippen LogP) is 2.39. The first-order chi connectivity index (χ1) is 13.7. The zero-order chi connectivity index (χ0) is 21.4. The molecular weight excluding hydrogens is 420 g/mol. The molecule has 0 atom stereocenters. The van der Waals surface area contributed by atoms with Gasteiger partial charge in [0.2, 0.25) is 10.0 Å². The molecule has 0 bridgehead atoms. The van der Waals surface area contributed by atoms with Gasteiger partial charge in [-0.3, -0.25) is 14.4 Å². The number of esters is 1. The normalized spacial score (nSPS) is 11.0. The molecule has 0 heterocycles. The van der Waals surface area contributed by atoms with Crippen molar-refractivity contribution in [2.24, 2.45) is 0 Å². The van der Waals surface area contributed by atoms with E-state index in [1.165, 1.54) is 37.3 Å². The number of amides is 1. The molecule has 0 fully saturated rings. The Hall–Kier alpha value is -2.75. The van der Waals surface area contributed by atoms with Crippen LogP contribution in [0.3, 0.4) is 0 Å². The summed E-state index contributed by atoms with van der Waals surface area (Å²) >= 11 is 5.72. The summed E-state index contributed by atoms with van der Waals surface area (Å²) in [6, 6.07) is 11.9. The maximum Gasteiger partial charge on any atom is 0.307 e. The lowest BCUT2D eigenvalue weighted by atomic mass is 10.1. The van der Waals surface area contributed by atoms with E-state index < -0.39 is 28.5 Å². The van der Waals surface area contributed by atoms with Crippen LogP contribution in [-0.4, -0.2) is 39.2 Å². The van der Waals surface area contributed by atoms with Gasteiger partial charge in [0.25, 0.3) is 5.91 Å². The van der Waals surface area contributed by atoms with E-state index in [0.717, 1.165) is 0 Å². The van der Waals surface area contributed by atoms with Gasteiger partial charge >= 0.3 is 5.97 Å². The van der Waals surface area contributed by atoms with Gasteiger partial charge in [-0.05, 0) is 43.3 Å². The van der Waals surface area contributed by atoms with Crippen molar-refractivity contribution in [2.45, 2.75) is 18.2 Å². The molecule has 10 heteroatoms. The minimum Gasteiger partial charge on any atom is -0.456 e. The molecule has 1 amide bonds. The predicted molar refractivity (Wildman–Crippen MR) is 107 cm³/mol. The standard InChI is InChI=1S/C19H19ClN2O6S/c1-13(23)14-3-2-4-16(11-14)22-18(24)12-28-19(25)9-10-21-29(26,27)17-7-5-15(20)6-8-17/h2-8,11,21H,9-10,12H2,1H3,(H,22,24). The average Bonchev–Trinajstić information content (AvgIpc) is 2.67. The van der Waals surface area contributed by atoms with Crippen LogP contribution in [0.2, 0.25) is 5.02 Å². The molecule has 2 rings (SSSR count). The first-order valence-electron chi connectivity index (χ1n) is 8.49. The fourth-order valence-electron chi connectivity index (χ4n) is 2.22. The Kier molecular flexibility index (Phi) is 7.89. The number of rotatable bonds is 9. The summed E-state index contributed by atoms with van der Waals surface area (Å²) in [7, 11) is -3.78. The van der Waals surface area contributed by atoms with E-state index in [-0.39, 0.29) is 23.6 Å². The number of Topliss-reactive ketones (excluding diaryl/α,β-unsaturated/α-hetero) is 1. The topological polar surface area (TPSA) is 119 Å². The fourth-order valence-corrected chi connectivity index (χ4v) is 3.37. The average molecular weight is 439 g/mol. The Morgan fingerprint density at radius 3 is 2.41 bits per heavy atom. The van der Waals surface area contributed by atoms with E-state index in [4.69, 9.17) is 16.3 Å². The van der Waals surface area contributed by atoms with Crippen molar-refractivity contribution in [3.63, 3.8) is 0 Å². The van der Waals surface area contributed by atoms with Crippen molar-refractivity contribution in [1.29, 1.82) is 0 Å². The van der Waals surface area contributed by atoms with Gasteiger partial charge in [0.05, 0.1) is 11.3 Å². The van der Waals surface area contributed by atoms with Crippen molar-refractivity contribution in [3.8, 4) is 0 Å². The summed E-state index contributed by atoms with van der Waals surface area (Å²) in [5, 5.41) is 2.91. The smallest absolute Gasteiger partial charge is 0.307 e. The van der Waals surface area contributed by atoms with Gasteiger partial charge < -0.3 is 10.1 Å². The molecule has 0 unspecified atom stereocenters. The van der Waals surface area contributed by atoms with Crippen molar-refractivity contribution in [1.82, 2.24) is 4.72 Å². The quantitative estimate of drug-likeness (QED) is 0.458. The first-order valence-corrected chi connectivity index (χ1v) is 10.4. The molecule has 0 aliphatic rings. The largest absolute Gasteiger partial charge is 0.456 e. The molecule has 29 heavy (non-hydrogen) atoms. The Bertz CT molecular complexity index is 1010. The van der Waals surface area contributed by atoms with Crippen molar-refractivity contribution < 1.29 is 27.5 Å². The van der Waals surface area contributed by atoms with E-state index in [9.17, 15) is 22.8 Å². The molecule has 0 aliphatic carbocycles. The minimum atomic E-state index is -3.78. The van der Waals surface area contributed by atoms with Gasteiger partial charge in [-0.1, -0.05) is 23.7 Å². The number of halogens is 1. The highest BCUT2D eigenvalue weighted by molar-refractivity contribution is 7.89. The minimum absolute atomic E-state index is 0.0161. The van der Waals surface area contributed by atoms with Gasteiger partial charge in [0.1, 0.15) is 0 Å². The van der Waals surface area contributed by atoms with Gasteiger partial charge in [0.15, 0.2) is 12.4 Å². The number of benzene rings is 2. The number of carbonyl (C=O) groups is 3. The number of ether oxygens (including phenoxy) is 1. The molecule has 2 aromatic rings. The van der Waals surface area contributed by atoms with Crippen LogP contribution in [0.4, 0.5) is 5.69 Å². The third-order valence-corrected chi connectivity index (χ3v) is 5.39. The molecule has 2 N–H and O–H groups in total. The Morgan fingerprint density at radius 2 is 1.76 bits per heavy atom. The SMILES string of the molecule is CC(=O)c1cccc(NC(=O)COC(=O)CCNS(=O)(=O)c2ccc(Cl)cc2)c1. The second kappa shape index (κ2) is 10.1. The van der Waals surface area contributed by atoms with Crippen LogP contribution in [0, 0.1) is 0 Å². The molecular formula is C19H19ClN2O6S. The molecule has 0 saturated heterocycles. The second-order valence-corrected chi connectivity index (χ2v) is 8.15. The summed E-state index contributed by atoms with van der Waals surface area (Å²) < 4.78 is 31.2. The summed E-state index contributed by atoms with van der Waals surface area (Å²) in [5.41, 5.74) is 0.835. The monoisotopic (exact) mass is 438 g/mol. The summed E-state index contributed by atoms with van der Waals surface area (Å²) in [4.78, 5) is 34.9. The molecule has 0 radical (unpaired) electrons. The van der Waals surface area contributed by atoms with Gasteiger partial charge in [-0.15, -0.1) is 0 Å². The number of anilines is 1. The third kappa shape index (κ3) is 7.30. The van der Waals surface area contributed by atoms with Crippen LogP contribution < -0.4 is 10.0 Å². The Balaban J connectivity index is 1.75. The van der Waals surface area contributed by atoms with Crippen LogP contribution in [0.1, 0.15) is 23.7 Å². The lowest BCUT2D eigenvalue weighted by molar-refractivity contribution is -0.147. The summed E-state index contributed by atoms with van der Waals surface area (Å²) in [6.07, 6.45) is -0.250. The van der Waals surface area contributed by atoms with E-state index in [1.807, 2.05) is 0 Å². The highest BCUT2D eigenvalue weighted by Gasteiger charge is 2.15. The van der Waals surface area contributed by atoms with Gasteiger partial charge in [0, 0.05) is 22.8 Å². The Labute approximate surface area is 173 Å². The summed E-state index contributed by atoms with van der Waals surface area (Å²) in [5.74, 6) is -1.47. The molecule has 0 aromatic heterocycles. The molecule has 8 nitrogen and oxygen atoms in total. The number of hydrogen-bond donors (Lipinski definition) is 2. The molecule has 0 spiro atoms. The zero-order valence-corrected chi connectivity index (χ0v) is 17.0. The maximum absolute atomic E-state index is 12.1. The fraction of sp³-hybridized carbons (Fsp3) is 0.211. The maximum atomic E-state index is 12.1. The van der Waals surface area contributed by atoms with E-state index in [2.05, 4.69) is 10.0 Å². The van der Waals surface area contributed by atoms with Crippen LogP contribution in [0.25, 0.3) is 0 Å². The highest BCUT2D eigenvalue weighted by atomic mass is 35.5. The molecule has 0 aliphatic heterocycles. The molecule has 2 aromatic carbocycles. The van der Waals surface area contributed by atoms with Gasteiger partial charge in [-0.25, -0.2) is 13.1 Å². The van der Waals surface area contributed by atoms with Gasteiger partial charge in [-0.2, -0.15) is 0 Å². The van der Waals surface area contributed by atoms with Crippen LogP contribution in [-0.2, 0) is 24.3 Å². The number of sulfonamides is 1. The lowest BCUT2D eigenvalue weighted by Gasteiger charge is -2.08. The van der Waals surface area contributed by atoms with Crippen LogP contribution >= 0.6 is 11.6 Å². The second-order valence-electron chi connectivity index (χ2n) is 5.95. The van der Waals surface area contributed by atoms with E-state index in [1.54, 1.807) is 18.2 Å². The molecule has 0 saturated carbocycles. The zero-order valence-electron chi connectivity index (χ0n) is 15.5. The van der Waals surface area contributed by atoms with E-state index >= 15 is 0 Å². The van der Waals surface area contributed by atoms with Crippen LogP contribution in [0.15, 0.2) is 53.4 Å². The van der Waals surface area contributed by atoms with Crippen molar-refractivity contribution in [3.05, 3.63) is 59.1 Å². The lowest BCUT2D eigenvalue weighted by Crippen LogP contribution is -2.28. The first kappa shape index (κ1) is 22.5. The van der Waals surface area contributed by atoms with E-state index in [0.29, 0.717) is 16.3 Å². The number of carbonyl (C=O) groups excluding carboxylic acids is 3. The van der Waals surface area contributed by atoms with Crippen molar-refractivity contribution >= 4 is 45.0 Å². The Morgan fingerprint density at radius 1 is 1.07 bits per heavy atom. The summed E-state index contributed by atoms with van der Waals surface area (Å²) in [6.45, 7) is 0.684. The number of hydrogen-bond acceptors (Lipinski definition) is 6. The third-order valence-electron chi connectivity index (χ3n) is 3.66. The number of ketones is 1. The van der Waals surface area contributed by atoms with Crippen molar-refractivity contribution in [2.75, 3.05) is 18.5 Å². The highest BCUT2D eigenvalue weighted by Crippen LogP contribution is 2.14. The molecule has 154 valence electrons.